The molecular weight excluding hydrogens is 262 g/mol. The van der Waals surface area contributed by atoms with Crippen LogP contribution in [0.4, 0.5) is 0 Å². The van der Waals surface area contributed by atoms with Gasteiger partial charge in [0.2, 0.25) is 0 Å². The lowest BCUT2D eigenvalue weighted by Gasteiger charge is -2.07. The molecule has 0 saturated carbocycles. The second kappa shape index (κ2) is 8.44. The van der Waals surface area contributed by atoms with Crippen LogP contribution in [-0.2, 0) is 4.74 Å². The summed E-state index contributed by atoms with van der Waals surface area (Å²) < 4.78 is 10.0. The highest BCUT2D eigenvalue weighted by Gasteiger charge is 1.99. The zero-order chi connectivity index (χ0) is 14.1. The van der Waals surface area contributed by atoms with E-state index in [0.29, 0.717) is 18.3 Å². The predicted octanol–water partition coefficient (Wildman–Crippen LogP) is 1.53. The Kier molecular flexibility index (Phi) is 6.84. The largest absolute Gasteiger partial charge is 0.497 e. The average molecular weight is 281 g/mol. The smallest absolute Gasteiger partial charge is 0.187 e. The highest BCUT2D eigenvalue weighted by Crippen LogP contribution is 2.11. The van der Waals surface area contributed by atoms with Crippen molar-refractivity contribution in [2.45, 2.75) is 6.92 Å². The highest BCUT2D eigenvalue weighted by molar-refractivity contribution is 7.80. The van der Waals surface area contributed by atoms with E-state index < -0.39 is 0 Å². The Morgan fingerprint density at radius 2 is 1.95 bits per heavy atom. The topological polar surface area (TPSA) is 54.9 Å². The van der Waals surface area contributed by atoms with Gasteiger partial charge < -0.3 is 14.8 Å². The lowest BCUT2D eigenvalue weighted by molar-refractivity contribution is 0.204. The number of hydrogen-bond acceptors (Lipinski definition) is 4. The van der Waals surface area contributed by atoms with Crippen LogP contribution in [0.1, 0.15) is 12.5 Å². The minimum Gasteiger partial charge on any atom is -0.497 e. The van der Waals surface area contributed by atoms with E-state index in [-0.39, 0.29) is 0 Å². The van der Waals surface area contributed by atoms with Crippen molar-refractivity contribution in [2.75, 3.05) is 27.4 Å². The molecule has 0 aliphatic heterocycles. The van der Waals surface area contributed by atoms with Gasteiger partial charge in [-0.25, -0.2) is 0 Å². The lowest BCUT2D eigenvalue weighted by atomic mass is 10.1. The summed E-state index contributed by atoms with van der Waals surface area (Å²) in [6, 6.07) is 7.68. The molecule has 19 heavy (non-hydrogen) atoms. The first-order valence-electron chi connectivity index (χ1n) is 5.89. The van der Waals surface area contributed by atoms with Crippen molar-refractivity contribution in [2.24, 2.45) is 5.10 Å². The van der Waals surface area contributed by atoms with Crippen molar-refractivity contribution in [3.05, 3.63) is 29.8 Å². The number of thiocarbonyl (C=S) groups is 1. The maximum absolute atomic E-state index is 5.10. The van der Waals surface area contributed by atoms with Gasteiger partial charge in [0.1, 0.15) is 5.75 Å². The summed E-state index contributed by atoms with van der Waals surface area (Å²) in [5.41, 5.74) is 4.64. The number of ether oxygens (including phenoxy) is 2. The maximum atomic E-state index is 5.10. The van der Waals surface area contributed by atoms with Crippen molar-refractivity contribution in [1.29, 1.82) is 0 Å². The zero-order valence-corrected chi connectivity index (χ0v) is 12.2. The fraction of sp³-hybridized carbons (Fsp3) is 0.385. The van der Waals surface area contributed by atoms with E-state index in [0.717, 1.165) is 17.0 Å². The van der Waals surface area contributed by atoms with Crippen molar-refractivity contribution in [1.82, 2.24) is 10.7 Å². The maximum Gasteiger partial charge on any atom is 0.187 e. The van der Waals surface area contributed by atoms with Gasteiger partial charge in [-0.15, -0.1) is 0 Å². The molecule has 0 saturated heterocycles. The Morgan fingerprint density at radius 1 is 1.26 bits per heavy atom. The summed E-state index contributed by atoms with van der Waals surface area (Å²) in [7, 11) is 3.28. The predicted molar refractivity (Wildman–Crippen MR) is 80.8 cm³/mol. The van der Waals surface area contributed by atoms with Gasteiger partial charge in [-0.05, 0) is 49.0 Å². The van der Waals surface area contributed by atoms with E-state index in [2.05, 4.69) is 15.8 Å². The Bertz CT molecular complexity index is 432. The zero-order valence-electron chi connectivity index (χ0n) is 11.4. The average Bonchev–Trinajstić information content (AvgIpc) is 2.45. The van der Waals surface area contributed by atoms with Gasteiger partial charge in [-0.3, -0.25) is 5.43 Å². The third-order valence-electron chi connectivity index (χ3n) is 2.42. The second-order valence-electron chi connectivity index (χ2n) is 3.79. The molecule has 0 aliphatic rings. The minimum absolute atomic E-state index is 0.477. The molecule has 0 aromatic heterocycles. The van der Waals surface area contributed by atoms with Crippen molar-refractivity contribution in [3.63, 3.8) is 0 Å². The monoisotopic (exact) mass is 281 g/mol. The van der Waals surface area contributed by atoms with Gasteiger partial charge in [-0.2, -0.15) is 5.10 Å². The summed E-state index contributed by atoms with van der Waals surface area (Å²) >= 11 is 5.07. The molecule has 0 spiro atoms. The second-order valence-corrected chi connectivity index (χ2v) is 4.19. The first-order valence-corrected chi connectivity index (χ1v) is 6.29. The Labute approximate surface area is 119 Å². The van der Waals surface area contributed by atoms with Gasteiger partial charge in [0.25, 0.3) is 0 Å². The summed E-state index contributed by atoms with van der Waals surface area (Å²) in [4.78, 5) is 0. The lowest BCUT2D eigenvalue weighted by Crippen LogP contribution is -2.34. The van der Waals surface area contributed by atoms with Crippen LogP contribution in [0, 0.1) is 0 Å². The SMILES string of the molecule is COCCNC(=S)NN=C(C)c1ccc(OC)cc1. The van der Waals surface area contributed by atoms with Crippen LogP contribution in [0.3, 0.4) is 0 Å². The van der Waals surface area contributed by atoms with Crippen LogP contribution >= 0.6 is 12.2 Å². The normalized spacial score (nSPS) is 11.0. The fourth-order valence-corrected chi connectivity index (χ4v) is 1.49. The summed E-state index contributed by atoms with van der Waals surface area (Å²) in [6.07, 6.45) is 0. The Hall–Kier alpha value is -1.66. The number of benzene rings is 1. The molecule has 0 bridgehead atoms. The highest BCUT2D eigenvalue weighted by atomic mass is 32.1. The number of nitrogens with zero attached hydrogens (tertiary/aromatic N) is 1. The number of hydrogen-bond donors (Lipinski definition) is 2. The van der Waals surface area contributed by atoms with Gasteiger partial charge in [0.15, 0.2) is 5.11 Å². The minimum atomic E-state index is 0.477. The van der Waals surface area contributed by atoms with Gasteiger partial charge >= 0.3 is 0 Å². The van der Waals surface area contributed by atoms with Gasteiger partial charge in [-0.1, -0.05) is 0 Å². The fourth-order valence-electron chi connectivity index (χ4n) is 1.34. The molecule has 0 unspecified atom stereocenters. The Balaban J connectivity index is 2.49. The summed E-state index contributed by atoms with van der Waals surface area (Å²) in [5.74, 6) is 0.821. The van der Waals surface area contributed by atoms with Crippen LogP contribution < -0.4 is 15.5 Å². The molecule has 0 heterocycles. The number of hydrazone groups is 1. The van der Waals surface area contributed by atoms with E-state index in [1.807, 2.05) is 31.2 Å². The first kappa shape index (κ1) is 15.4. The molecule has 6 heteroatoms. The third kappa shape index (κ3) is 5.67. The Morgan fingerprint density at radius 3 is 2.53 bits per heavy atom. The summed E-state index contributed by atoms with van der Waals surface area (Å²) in [5, 5.41) is 7.66. The van der Waals surface area contributed by atoms with Gasteiger partial charge in [0.05, 0.1) is 19.4 Å². The van der Waals surface area contributed by atoms with E-state index in [1.165, 1.54) is 0 Å². The standard InChI is InChI=1S/C13H19N3O2S/c1-10(11-4-6-12(18-3)7-5-11)15-16-13(19)14-8-9-17-2/h4-7H,8-9H2,1-3H3,(H2,14,16,19). The van der Waals surface area contributed by atoms with E-state index in [4.69, 9.17) is 21.7 Å². The molecule has 104 valence electrons. The molecule has 1 aromatic rings. The van der Waals surface area contributed by atoms with Crippen molar-refractivity contribution in [3.8, 4) is 5.75 Å². The number of rotatable bonds is 6. The molecule has 1 rings (SSSR count). The first-order chi connectivity index (χ1) is 9.17. The molecule has 5 nitrogen and oxygen atoms in total. The third-order valence-corrected chi connectivity index (χ3v) is 2.66. The summed E-state index contributed by atoms with van der Waals surface area (Å²) in [6.45, 7) is 3.16. The van der Waals surface area contributed by atoms with Crippen LogP contribution in [0.15, 0.2) is 29.4 Å². The molecule has 1 aromatic carbocycles. The number of nitrogens with one attached hydrogen (secondary N) is 2. The molecule has 0 amide bonds. The molecule has 2 N–H and O–H groups in total. The molecule has 0 aliphatic carbocycles. The van der Waals surface area contributed by atoms with Crippen LogP contribution in [0.5, 0.6) is 5.75 Å². The van der Waals surface area contributed by atoms with Crippen molar-refractivity contribution >= 4 is 23.0 Å². The van der Waals surface area contributed by atoms with E-state index >= 15 is 0 Å². The molecule has 0 atom stereocenters. The van der Waals surface area contributed by atoms with Crippen LogP contribution in [-0.4, -0.2) is 38.2 Å². The van der Waals surface area contributed by atoms with Crippen LogP contribution in [0.25, 0.3) is 0 Å². The van der Waals surface area contributed by atoms with Crippen LogP contribution in [0.2, 0.25) is 0 Å². The molecule has 0 fully saturated rings. The molecular formula is C13H19N3O2S. The number of methoxy groups -OCH3 is 2. The van der Waals surface area contributed by atoms with E-state index in [9.17, 15) is 0 Å². The quantitative estimate of drug-likeness (QED) is 0.358. The van der Waals surface area contributed by atoms with E-state index in [1.54, 1.807) is 14.2 Å². The van der Waals surface area contributed by atoms with Crippen molar-refractivity contribution < 1.29 is 9.47 Å². The van der Waals surface area contributed by atoms with Gasteiger partial charge in [0, 0.05) is 13.7 Å². The molecule has 0 radical (unpaired) electrons.